The minimum atomic E-state index is 0.444. The summed E-state index contributed by atoms with van der Waals surface area (Å²) < 4.78 is 0. The summed E-state index contributed by atoms with van der Waals surface area (Å²) in [5.74, 6) is 2.86. The standard InChI is InChI=1S/C23H38N4/c1-22(15-25-10-7-18-5-4-9-26-18)8-6-16-11-17-12-19(24-2)13-21-23(17,22)20(16)14-27(21)3/h4-5,9,16-17,19-21,24-26H,6-8,10-15H2,1-3H3. The molecule has 0 aromatic carbocycles. The van der Waals surface area contributed by atoms with E-state index in [1.165, 1.54) is 50.9 Å². The highest BCUT2D eigenvalue weighted by Crippen LogP contribution is 2.73. The Kier molecular flexibility index (Phi) is 4.45. The second kappa shape index (κ2) is 6.60. The van der Waals surface area contributed by atoms with Gasteiger partial charge in [0.2, 0.25) is 0 Å². The molecule has 0 amide bonds. The van der Waals surface area contributed by atoms with Crippen molar-refractivity contribution in [2.24, 2.45) is 28.6 Å². The van der Waals surface area contributed by atoms with E-state index in [0.717, 1.165) is 42.8 Å². The van der Waals surface area contributed by atoms with Crippen molar-refractivity contribution >= 4 is 0 Å². The van der Waals surface area contributed by atoms with Crippen molar-refractivity contribution < 1.29 is 0 Å². The Hall–Kier alpha value is -0.840. The van der Waals surface area contributed by atoms with E-state index in [1.807, 2.05) is 6.20 Å². The van der Waals surface area contributed by atoms with E-state index >= 15 is 0 Å². The minimum absolute atomic E-state index is 0.444. The van der Waals surface area contributed by atoms with E-state index in [9.17, 15) is 0 Å². The third-order valence-electron chi connectivity index (χ3n) is 9.36. The van der Waals surface area contributed by atoms with E-state index in [4.69, 9.17) is 0 Å². The van der Waals surface area contributed by atoms with Crippen LogP contribution in [-0.4, -0.2) is 55.7 Å². The summed E-state index contributed by atoms with van der Waals surface area (Å²) in [5.41, 5.74) is 2.35. The third-order valence-corrected chi connectivity index (χ3v) is 9.36. The zero-order chi connectivity index (χ0) is 18.6. The highest BCUT2D eigenvalue weighted by molar-refractivity contribution is 5.24. The largest absolute Gasteiger partial charge is 0.365 e. The van der Waals surface area contributed by atoms with Crippen molar-refractivity contribution in [1.82, 2.24) is 20.5 Å². The molecule has 1 aromatic rings. The van der Waals surface area contributed by atoms with Crippen molar-refractivity contribution in [2.75, 3.05) is 33.7 Å². The maximum absolute atomic E-state index is 3.90. The van der Waals surface area contributed by atoms with Crippen LogP contribution >= 0.6 is 0 Å². The molecule has 5 rings (SSSR count). The number of H-pyrrole nitrogens is 1. The molecule has 4 fully saturated rings. The molecule has 2 heterocycles. The molecule has 3 N–H and O–H groups in total. The van der Waals surface area contributed by atoms with Crippen LogP contribution in [0.25, 0.3) is 0 Å². The molecule has 0 radical (unpaired) electrons. The topological polar surface area (TPSA) is 43.1 Å². The molecule has 27 heavy (non-hydrogen) atoms. The lowest BCUT2D eigenvalue weighted by Crippen LogP contribution is -2.62. The molecule has 4 heteroatoms. The normalized spacial score (nSPS) is 46.0. The Balaban J connectivity index is 1.38. The number of aromatic nitrogens is 1. The summed E-state index contributed by atoms with van der Waals surface area (Å²) in [7, 11) is 4.60. The van der Waals surface area contributed by atoms with Gasteiger partial charge in [-0.1, -0.05) is 6.92 Å². The molecule has 1 aliphatic heterocycles. The molecule has 1 saturated heterocycles. The first kappa shape index (κ1) is 18.2. The molecular formula is C23H38N4. The fraction of sp³-hybridized carbons (Fsp3) is 0.826. The van der Waals surface area contributed by atoms with E-state index in [-0.39, 0.29) is 0 Å². The van der Waals surface area contributed by atoms with Gasteiger partial charge in [-0.3, -0.25) is 0 Å². The minimum Gasteiger partial charge on any atom is -0.365 e. The first-order valence-electron chi connectivity index (χ1n) is 11.3. The zero-order valence-corrected chi connectivity index (χ0v) is 17.4. The third kappa shape index (κ3) is 2.52. The number of likely N-dealkylation sites (tertiary alicyclic amines) is 1. The van der Waals surface area contributed by atoms with Gasteiger partial charge in [0.05, 0.1) is 0 Å². The van der Waals surface area contributed by atoms with Gasteiger partial charge in [-0.2, -0.15) is 0 Å². The molecule has 1 aromatic heterocycles. The highest BCUT2D eigenvalue weighted by atomic mass is 15.2. The smallest absolute Gasteiger partial charge is 0.0175 e. The van der Waals surface area contributed by atoms with Gasteiger partial charge in [-0.15, -0.1) is 0 Å². The average Bonchev–Trinajstić information content (AvgIpc) is 3.34. The van der Waals surface area contributed by atoms with Gasteiger partial charge >= 0.3 is 0 Å². The molecule has 7 unspecified atom stereocenters. The van der Waals surface area contributed by atoms with Gasteiger partial charge in [0.1, 0.15) is 0 Å². The van der Waals surface area contributed by atoms with Gasteiger partial charge in [0.25, 0.3) is 0 Å². The Morgan fingerprint density at radius 1 is 1.30 bits per heavy atom. The SMILES string of the molecule is CNC1CC2CC3CCC(C)(CNCCc4ccc[nH]4)C24C3CN(C)C4C1. The summed E-state index contributed by atoms with van der Waals surface area (Å²) in [6.45, 7) is 6.29. The molecule has 1 spiro atoms. The van der Waals surface area contributed by atoms with Gasteiger partial charge in [-0.25, -0.2) is 0 Å². The van der Waals surface area contributed by atoms with Crippen molar-refractivity contribution in [3.8, 4) is 0 Å². The second-order valence-corrected chi connectivity index (χ2v) is 10.4. The highest BCUT2D eigenvalue weighted by Gasteiger charge is 2.73. The molecule has 4 nitrogen and oxygen atoms in total. The van der Waals surface area contributed by atoms with Crippen LogP contribution in [0.1, 0.15) is 44.7 Å². The molecule has 150 valence electrons. The van der Waals surface area contributed by atoms with Gasteiger partial charge in [-0.05, 0) is 93.3 Å². The predicted octanol–water partition coefficient (Wildman–Crippen LogP) is 2.88. The van der Waals surface area contributed by atoms with Crippen LogP contribution in [0.5, 0.6) is 0 Å². The van der Waals surface area contributed by atoms with Gasteiger partial charge in [0.15, 0.2) is 0 Å². The number of aromatic amines is 1. The number of hydrogen-bond acceptors (Lipinski definition) is 3. The van der Waals surface area contributed by atoms with E-state index in [0.29, 0.717) is 10.8 Å². The summed E-state index contributed by atoms with van der Waals surface area (Å²) in [5, 5.41) is 7.55. The zero-order valence-electron chi connectivity index (χ0n) is 17.4. The van der Waals surface area contributed by atoms with E-state index < -0.39 is 0 Å². The first-order valence-corrected chi connectivity index (χ1v) is 11.3. The summed E-state index contributed by atoms with van der Waals surface area (Å²) in [4.78, 5) is 6.10. The van der Waals surface area contributed by atoms with Crippen LogP contribution < -0.4 is 10.6 Å². The van der Waals surface area contributed by atoms with Crippen molar-refractivity contribution in [1.29, 1.82) is 0 Å². The van der Waals surface area contributed by atoms with Gasteiger partial charge < -0.3 is 20.5 Å². The van der Waals surface area contributed by atoms with Crippen LogP contribution in [-0.2, 0) is 6.42 Å². The van der Waals surface area contributed by atoms with Gasteiger partial charge in [0, 0.05) is 43.6 Å². The van der Waals surface area contributed by atoms with E-state index in [2.05, 4.69) is 53.7 Å². The fourth-order valence-electron chi connectivity index (χ4n) is 8.38. The van der Waals surface area contributed by atoms with Crippen LogP contribution in [0, 0.1) is 28.6 Å². The second-order valence-electron chi connectivity index (χ2n) is 10.4. The Morgan fingerprint density at radius 2 is 2.19 bits per heavy atom. The lowest BCUT2D eigenvalue weighted by Gasteiger charge is -2.60. The van der Waals surface area contributed by atoms with Crippen molar-refractivity contribution in [3.63, 3.8) is 0 Å². The maximum atomic E-state index is 3.90. The number of nitrogens with zero attached hydrogens (tertiary/aromatic N) is 1. The molecule has 4 aliphatic rings. The van der Waals surface area contributed by atoms with Crippen LogP contribution in [0.2, 0.25) is 0 Å². The lowest BCUT2D eigenvalue weighted by molar-refractivity contribution is -0.0928. The average molecular weight is 371 g/mol. The maximum Gasteiger partial charge on any atom is 0.0175 e. The van der Waals surface area contributed by atoms with Crippen molar-refractivity contribution in [2.45, 2.75) is 57.5 Å². The van der Waals surface area contributed by atoms with Crippen LogP contribution in [0.15, 0.2) is 18.3 Å². The number of hydrogen-bond donors (Lipinski definition) is 3. The molecule has 7 atom stereocenters. The van der Waals surface area contributed by atoms with Crippen LogP contribution in [0.4, 0.5) is 0 Å². The monoisotopic (exact) mass is 370 g/mol. The molecular weight excluding hydrogens is 332 g/mol. The fourth-order valence-corrected chi connectivity index (χ4v) is 8.38. The first-order chi connectivity index (χ1) is 13.1. The molecule has 2 bridgehead atoms. The lowest BCUT2D eigenvalue weighted by atomic mass is 9.46. The Morgan fingerprint density at radius 3 is 2.96 bits per heavy atom. The summed E-state index contributed by atoms with van der Waals surface area (Å²) in [6.07, 6.45) is 10.3. The predicted molar refractivity (Wildman–Crippen MR) is 111 cm³/mol. The number of nitrogens with one attached hydrogen (secondary N) is 3. The molecule has 3 saturated carbocycles. The molecule has 3 aliphatic carbocycles. The summed E-state index contributed by atoms with van der Waals surface area (Å²) >= 11 is 0. The number of rotatable bonds is 6. The quantitative estimate of drug-likeness (QED) is 0.675. The Labute approximate surface area is 164 Å². The van der Waals surface area contributed by atoms with Crippen molar-refractivity contribution in [3.05, 3.63) is 24.0 Å². The van der Waals surface area contributed by atoms with Crippen LogP contribution in [0.3, 0.4) is 0 Å². The summed E-state index contributed by atoms with van der Waals surface area (Å²) in [6, 6.07) is 5.80. The Bertz CT molecular complexity index is 657. The van der Waals surface area contributed by atoms with E-state index in [1.54, 1.807) is 0 Å².